The van der Waals surface area contributed by atoms with Crippen LogP contribution in [0, 0.1) is 0 Å². The van der Waals surface area contributed by atoms with Crippen molar-refractivity contribution in [3.05, 3.63) is 0 Å². The normalized spacial score (nSPS) is 11.0. The third-order valence-corrected chi connectivity index (χ3v) is 6.96. The van der Waals surface area contributed by atoms with Gasteiger partial charge in [0.1, 0.15) is 0 Å². The SMILES string of the molecule is C.CCCCCCCCCCCCCCCCCCCCCCCCCCCCCC.[HH].[HH].[HH].[HH].[HH]. The van der Waals surface area contributed by atoms with Crippen LogP contribution in [0.5, 0.6) is 0 Å². The molecular formula is C31H76. The Hall–Kier alpha value is 0. The molecule has 0 aliphatic rings. The molecule has 0 radical (unpaired) electrons. The molecule has 0 amide bonds. The third-order valence-electron chi connectivity index (χ3n) is 6.96. The summed E-state index contributed by atoms with van der Waals surface area (Å²) in [5.74, 6) is 0. The van der Waals surface area contributed by atoms with Crippen molar-refractivity contribution in [3.8, 4) is 0 Å². The lowest BCUT2D eigenvalue weighted by Gasteiger charge is -2.04. The van der Waals surface area contributed by atoms with Gasteiger partial charge in [-0.3, -0.25) is 0 Å². The van der Waals surface area contributed by atoms with Gasteiger partial charge in [0.05, 0.1) is 0 Å². The average molecular weight is 449 g/mol. The van der Waals surface area contributed by atoms with E-state index in [0.717, 1.165) is 0 Å². The molecule has 0 aromatic carbocycles. The van der Waals surface area contributed by atoms with Crippen LogP contribution in [0.4, 0.5) is 0 Å². The van der Waals surface area contributed by atoms with Gasteiger partial charge in [-0.2, -0.15) is 0 Å². The molecule has 0 unspecified atom stereocenters. The minimum atomic E-state index is 0. The first kappa shape index (κ1) is 33.2. The molecule has 0 nitrogen and oxygen atoms in total. The maximum Gasteiger partial charge on any atom is 0 e. The second kappa shape index (κ2) is 32.2. The van der Waals surface area contributed by atoms with Gasteiger partial charge in [0.2, 0.25) is 0 Å². The Bertz CT molecular complexity index is 262. The standard InChI is InChI=1S/C30H62.CH4.5H2/c1-3-5-7-9-11-13-15-17-19-21-23-25-27-29-30-28-26-24-22-20-18-16-14-12-10-8-6-4-2;;;;;;/h3-30H2,1-2H3;1H4;5*1H. The molecule has 0 aromatic rings. The summed E-state index contributed by atoms with van der Waals surface area (Å²) in [6.07, 6.45) is 41.4. The molecule has 0 atom stereocenters. The van der Waals surface area contributed by atoms with Crippen LogP contribution < -0.4 is 0 Å². The van der Waals surface area contributed by atoms with Crippen LogP contribution in [0.15, 0.2) is 0 Å². The van der Waals surface area contributed by atoms with Crippen LogP contribution >= 0.6 is 0 Å². The topological polar surface area (TPSA) is 0 Å². The fourth-order valence-electron chi connectivity index (χ4n) is 4.74. The van der Waals surface area contributed by atoms with Gasteiger partial charge in [-0.05, 0) is 0 Å². The van der Waals surface area contributed by atoms with Gasteiger partial charge in [-0.25, -0.2) is 0 Å². The summed E-state index contributed by atoms with van der Waals surface area (Å²) in [7, 11) is 0. The smallest absolute Gasteiger partial charge is 0 e. The lowest BCUT2D eigenvalue weighted by atomic mass is 10.0. The summed E-state index contributed by atoms with van der Waals surface area (Å²) in [4.78, 5) is 0. The van der Waals surface area contributed by atoms with Crippen molar-refractivity contribution in [2.24, 2.45) is 0 Å². The fraction of sp³-hybridized carbons (Fsp3) is 1.00. The Labute approximate surface area is 208 Å². The molecule has 0 rings (SSSR count). The van der Waals surface area contributed by atoms with Gasteiger partial charge in [0.15, 0.2) is 0 Å². The highest BCUT2D eigenvalue weighted by Gasteiger charge is 1.96. The zero-order chi connectivity index (χ0) is 21.8. The highest BCUT2D eigenvalue weighted by atomic mass is 14.0. The second-order valence-electron chi connectivity index (χ2n) is 10.2. The van der Waals surface area contributed by atoms with E-state index >= 15 is 0 Å². The van der Waals surface area contributed by atoms with E-state index in [-0.39, 0.29) is 14.6 Å². The summed E-state index contributed by atoms with van der Waals surface area (Å²) in [6.45, 7) is 4.61. The van der Waals surface area contributed by atoms with Crippen molar-refractivity contribution in [1.29, 1.82) is 0 Å². The van der Waals surface area contributed by atoms with Crippen LogP contribution in [0.2, 0.25) is 0 Å². The average Bonchev–Trinajstić information content (AvgIpc) is 2.76. The van der Waals surface area contributed by atoms with Crippen molar-refractivity contribution in [1.82, 2.24) is 0 Å². The fourth-order valence-corrected chi connectivity index (χ4v) is 4.74. The first-order valence-corrected chi connectivity index (χ1v) is 14.9. The molecule has 0 heteroatoms. The molecule has 0 heterocycles. The maximum atomic E-state index is 2.31. The Kier molecular flexibility index (Phi) is 34.4. The van der Waals surface area contributed by atoms with Crippen LogP contribution in [0.3, 0.4) is 0 Å². The van der Waals surface area contributed by atoms with E-state index in [9.17, 15) is 0 Å². The van der Waals surface area contributed by atoms with Gasteiger partial charge in [-0.15, -0.1) is 0 Å². The summed E-state index contributed by atoms with van der Waals surface area (Å²) >= 11 is 0. The van der Waals surface area contributed by atoms with Gasteiger partial charge in [0, 0.05) is 7.13 Å². The lowest BCUT2D eigenvalue weighted by Crippen LogP contribution is -1.84. The van der Waals surface area contributed by atoms with Crippen LogP contribution in [0.1, 0.15) is 208 Å². The number of hydrogen-bond donors (Lipinski definition) is 0. The first-order valence-electron chi connectivity index (χ1n) is 14.9. The summed E-state index contributed by atoms with van der Waals surface area (Å²) in [5.41, 5.74) is 0. The second-order valence-corrected chi connectivity index (χ2v) is 10.2. The Balaban J connectivity index is -0.000000280. The molecular weight excluding hydrogens is 372 g/mol. The monoisotopic (exact) mass is 449 g/mol. The van der Waals surface area contributed by atoms with Crippen molar-refractivity contribution >= 4 is 0 Å². The van der Waals surface area contributed by atoms with Crippen molar-refractivity contribution in [2.75, 3.05) is 0 Å². The van der Waals surface area contributed by atoms with Gasteiger partial charge < -0.3 is 0 Å². The van der Waals surface area contributed by atoms with E-state index < -0.39 is 0 Å². The van der Waals surface area contributed by atoms with E-state index in [0.29, 0.717) is 0 Å². The van der Waals surface area contributed by atoms with E-state index in [2.05, 4.69) is 13.8 Å². The molecule has 0 spiro atoms. The van der Waals surface area contributed by atoms with Crippen molar-refractivity contribution < 1.29 is 7.13 Å². The number of unbranched alkanes of at least 4 members (excludes halogenated alkanes) is 27. The van der Waals surface area contributed by atoms with Gasteiger partial charge in [0.25, 0.3) is 0 Å². The molecule has 0 saturated carbocycles. The number of hydrogen-bond acceptors (Lipinski definition) is 0. The van der Waals surface area contributed by atoms with Crippen LogP contribution in [-0.2, 0) is 0 Å². The van der Waals surface area contributed by atoms with E-state index in [4.69, 9.17) is 0 Å². The quantitative estimate of drug-likeness (QED) is 0.110. The summed E-state index contributed by atoms with van der Waals surface area (Å²) in [5, 5.41) is 0. The molecule has 0 bridgehead atoms. The number of rotatable bonds is 27. The molecule has 0 aromatic heterocycles. The Morgan fingerprint density at radius 2 is 0.323 bits per heavy atom. The molecule has 200 valence electrons. The molecule has 0 aliphatic heterocycles. The molecule has 0 fully saturated rings. The van der Waals surface area contributed by atoms with Crippen LogP contribution in [-0.4, -0.2) is 0 Å². The first-order chi connectivity index (χ1) is 14.9. The zero-order valence-electron chi connectivity index (χ0n) is 21.8. The Morgan fingerprint density at radius 1 is 0.226 bits per heavy atom. The molecule has 31 heavy (non-hydrogen) atoms. The predicted molar refractivity (Wildman–Crippen MR) is 158 cm³/mol. The van der Waals surface area contributed by atoms with E-state index in [1.54, 1.807) is 0 Å². The highest BCUT2D eigenvalue weighted by Crippen LogP contribution is 2.16. The van der Waals surface area contributed by atoms with Crippen LogP contribution in [0.25, 0.3) is 0 Å². The molecule has 0 aliphatic carbocycles. The Morgan fingerprint density at radius 3 is 0.419 bits per heavy atom. The van der Waals surface area contributed by atoms with Gasteiger partial charge in [-0.1, -0.05) is 201 Å². The third kappa shape index (κ3) is 32.3. The predicted octanol–water partition coefficient (Wildman–Crippen LogP) is 13.8. The largest absolute Gasteiger partial charge is 0.0776 e. The highest BCUT2D eigenvalue weighted by molar-refractivity contribution is 4.52. The maximum absolute atomic E-state index is 2.31. The van der Waals surface area contributed by atoms with Crippen molar-refractivity contribution in [3.63, 3.8) is 0 Å². The summed E-state index contributed by atoms with van der Waals surface area (Å²) < 4.78 is 0. The van der Waals surface area contributed by atoms with E-state index in [1.807, 2.05) is 0 Å². The zero-order valence-corrected chi connectivity index (χ0v) is 21.8. The van der Waals surface area contributed by atoms with Crippen molar-refractivity contribution in [2.45, 2.75) is 201 Å². The van der Waals surface area contributed by atoms with E-state index in [1.165, 1.54) is 180 Å². The van der Waals surface area contributed by atoms with Gasteiger partial charge >= 0.3 is 0 Å². The minimum Gasteiger partial charge on any atom is -0.0776 e. The molecule has 0 saturated heterocycles. The molecule has 0 N–H and O–H groups in total. The summed E-state index contributed by atoms with van der Waals surface area (Å²) in [6, 6.07) is 0. The lowest BCUT2D eigenvalue weighted by molar-refractivity contribution is 0.514. The minimum absolute atomic E-state index is 0.